The monoisotopic (exact) mass is 322 g/mol. The summed E-state index contributed by atoms with van der Waals surface area (Å²) in [5.74, 6) is -0.218. The second kappa shape index (κ2) is 7.96. The van der Waals surface area contributed by atoms with Crippen LogP contribution in [0.3, 0.4) is 0 Å². The highest BCUT2D eigenvalue weighted by Crippen LogP contribution is 2.16. The molecule has 1 amide bonds. The van der Waals surface area contributed by atoms with Crippen molar-refractivity contribution >= 4 is 18.3 Å². The molecule has 0 aliphatic carbocycles. The molecular weight excluding hydrogens is 300 g/mol. The topological polar surface area (TPSA) is 72.9 Å². The number of carbonyl (C=O) groups excluding carboxylic acids is 1. The second-order valence-electron chi connectivity index (χ2n) is 5.42. The van der Waals surface area contributed by atoms with Gasteiger partial charge in [0.15, 0.2) is 0 Å². The van der Waals surface area contributed by atoms with E-state index in [1.807, 2.05) is 57.3 Å². The van der Waals surface area contributed by atoms with E-state index in [9.17, 15) is 4.79 Å². The summed E-state index contributed by atoms with van der Waals surface area (Å²) in [6, 6.07) is 9.65. The van der Waals surface area contributed by atoms with Gasteiger partial charge in [-0.1, -0.05) is 19.1 Å². The third-order valence-corrected chi connectivity index (χ3v) is 3.72. The van der Waals surface area contributed by atoms with Gasteiger partial charge < -0.3 is 11.1 Å². The van der Waals surface area contributed by atoms with Crippen molar-refractivity contribution in [2.75, 3.05) is 0 Å². The number of nitrogens with zero attached hydrogens (tertiary/aromatic N) is 2. The number of hydrogen-bond donors (Lipinski definition) is 2. The maximum atomic E-state index is 12.0. The number of nitrogens with one attached hydrogen (secondary N) is 1. The molecule has 3 atom stereocenters. The summed E-state index contributed by atoms with van der Waals surface area (Å²) in [6.07, 6.45) is 3.64. The largest absolute Gasteiger partial charge is 0.349 e. The van der Waals surface area contributed by atoms with Crippen LogP contribution in [0.25, 0.3) is 5.69 Å². The molecule has 120 valence electrons. The normalized spacial score (nSPS) is 14.5. The molecular formula is C16H23ClN4O. The van der Waals surface area contributed by atoms with Gasteiger partial charge in [-0.15, -0.1) is 12.4 Å². The molecule has 0 bridgehead atoms. The van der Waals surface area contributed by atoms with E-state index in [-0.39, 0.29) is 36.3 Å². The van der Waals surface area contributed by atoms with E-state index < -0.39 is 0 Å². The minimum atomic E-state index is -0.198. The molecule has 0 spiro atoms. The predicted octanol–water partition coefficient (Wildman–Crippen LogP) is 2.45. The Bertz CT molecular complexity index is 581. The van der Waals surface area contributed by atoms with E-state index in [2.05, 4.69) is 10.4 Å². The van der Waals surface area contributed by atoms with E-state index in [4.69, 9.17) is 5.73 Å². The third-order valence-electron chi connectivity index (χ3n) is 3.72. The van der Waals surface area contributed by atoms with Gasteiger partial charge in [-0.05, 0) is 37.6 Å². The summed E-state index contributed by atoms with van der Waals surface area (Å²) < 4.78 is 1.80. The van der Waals surface area contributed by atoms with Crippen LogP contribution in [0, 0.1) is 5.92 Å². The molecule has 1 heterocycles. The lowest BCUT2D eigenvalue weighted by atomic mass is 10.0. The highest BCUT2D eigenvalue weighted by Gasteiger charge is 2.19. The second-order valence-corrected chi connectivity index (χ2v) is 5.42. The number of hydrogen-bond acceptors (Lipinski definition) is 3. The van der Waals surface area contributed by atoms with Crippen LogP contribution in [0.1, 0.15) is 32.4 Å². The van der Waals surface area contributed by atoms with E-state index in [0.717, 1.165) is 11.3 Å². The Morgan fingerprint density at radius 2 is 1.86 bits per heavy atom. The number of amides is 1. The molecule has 3 N–H and O–H groups in total. The summed E-state index contributed by atoms with van der Waals surface area (Å²) in [5.41, 5.74) is 7.80. The molecule has 3 unspecified atom stereocenters. The first kappa shape index (κ1) is 18.2. The Kier molecular flexibility index (Phi) is 6.59. The van der Waals surface area contributed by atoms with Crippen LogP contribution in [0.4, 0.5) is 0 Å². The van der Waals surface area contributed by atoms with Gasteiger partial charge in [0.25, 0.3) is 0 Å². The van der Waals surface area contributed by atoms with Crippen LogP contribution in [0.15, 0.2) is 42.7 Å². The molecule has 0 saturated heterocycles. The Labute approximate surface area is 137 Å². The lowest BCUT2D eigenvalue weighted by molar-refractivity contribution is -0.125. The van der Waals surface area contributed by atoms with Crippen molar-refractivity contribution in [1.29, 1.82) is 0 Å². The molecule has 1 aromatic heterocycles. The Morgan fingerprint density at radius 1 is 1.23 bits per heavy atom. The van der Waals surface area contributed by atoms with Crippen LogP contribution in [0.5, 0.6) is 0 Å². The Balaban J connectivity index is 0.00000242. The number of aromatic nitrogens is 2. The van der Waals surface area contributed by atoms with E-state index in [0.29, 0.717) is 0 Å². The summed E-state index contributed by atoms with van der Waals surface area (Å²) in [5, 5.41) is 7.18. The van der Waals surface area contributed by atoms with Crippen LogP contribution in [-0.2, 0) is 4.79 Å². The first-order valence-electron chi connectivity index (χ1n) is 7.15. The maximum Gasteiger partial charge on any atom is 0.224 e. The van der Waals surface area contributed by atoms with Crippen LogP contribution >= 0.6 is 12.4 Å². The molecule has 0 fully saturated rings. The first-order chi connectivity index (χ1) is 9.99. The zero-order valence-corrected chi connectivity index (χ0v) is 13.9. The fraction of sp³-hybridized carbons (Fsp3) is 0.375. The van der Waals surface area contributed by atoms with Crippen molar-refractivity contribution in [1.82, 2.24) is 15.1 Å². The average Bonchev–Trinajstić information content (AvgIpc) is 3.00. The fourth-order valence-electron chi connectivity index (χ4n) is 2.00. The molecule has 0 aliphatic rings. The lowest BCUT2D eigenvalue weighted by Crippen LogP contribution is -2.39. The van der Waals surface area contributed by atoms with Gasteiger partial charge in [0.1, 0.15) is 0 Å². The Morgan fingerprint density at radius 3 is 2.36 bits per heavy atom. The summed E-state index contributed by atoms with van der Waals surface area (Å²) >= 11 is 0. The number of rotatable bonds is 5. The van der Waals surface area contributed by atoms with Gasteiger partial charge in [0.2, 0.25) is 5.91 Å². The highest BCUT2D eigenvalue weighted by atomic mass is 35.5. The van der Waals surface area contributed by atoms with Crippen molar-refractivity contribution in [2.45, 2.75) is 32.9 Å². The van der Waals surface area contributed by atoms with Crippen molar-refractivity contribution in [3.63, 3.8) is 0 Å². The molecule has 22 heavy (non-hydrogen) atoms. The molecule has 5 nitrogen and oxygen atoms in total. The third kappa shape index (κ3) is 4.32. The predicted molar refractivity (Wildman–Crippen MR) is 90.2 cm³/mol. The quantitative estimate of drug-likeness (QED) is 0.888. The molecule has 1 aromatic carbocycles. The van der Waals surface area contributed by atoms with Crippen LogP contribution in [0.2, 0.25) is 0 Å². The first-order valence-corrected chi connectivity index (χ1v) is 7.15. The summed E-state index contributed by atoms with van der Waals surface area (Å²) in [4.78, 5) is 12.0. The van der Waals surface area contributed by atoms with Gasteiger partial charge >= 0.3 is 0 Å². The molecule has 6 heteroatoms. The molecule has 0 aliphatic heterocycles. The number of nitrogens with two attached hydrogens (primary N) is 1. The average molecular weight is 323 g/mol. The maximum absolute atomic E-state index is 12.0. The van der Waals surface area contributed by atoms with Crippen molar-refractivity contribution in [3.8, 4) is 5.69 Å². The van der Waals surface area contributed by atoms with Gasteiger partial charge in [-0.25, -0.2) is 4.68 Å². The fourth-order valence-corrected chi connectivity index (χ4v) is 2.00. The molecule has 2 rings (SSSR count). The van der Waals surface area contributed by atoms with Crippen molar-refractivity contribution < 1.29 is 4.79 Å². The van der Waals surface area contributed by atoms with Crippen LogP contribution in [-0.4, -0.2) is 21.7 Å². The summed E-state index contributed by atoms with van der Waals surface area (Å²) in [7, 11) is 0. The van der Waals surface area contributed by atoms with Crippen LogP contribution < -0.4 is 11.1 Å². The number of benzene rings is 1. The van der Waals surface area contributed by atoms with Crippen molar-refractivity contribution in [2.24, 2.45) is 11.7 Å². The SMILES string of the molecule is CC(NC(=O)C(C)C(C)N)c1ccc(-n2cccn2)cc1.Cl. The van der Waals surface area contributed by atoms with Gasteiger partial charge in [-0.3, -0.25) is 4.79 Å². The lowest BCUT2D eigenvalue weighted by Gasteiger charge is -2.20. The molecule has 0 radical (unpaired) electrons. The van der Waals surface area contributed by atoms with E-state index in [1.165, 1.54) is 0 Å². The number of halogens is 1. The van der Waals surface area contributed by atoms with E-state index >= 15 is 0 Å². The minimum Gasteiger partial charge on any atom is -0.349 e. The smallest absolute Gasteiger partial charge is 0.224 e. The Hall–Kier alpha value is -1.85. The standard InChI is InChI=1S/C16H22N4O.ClH/c1-11(12(2)17)16(21)19-13(3)14-5-7-15(8-6-14)20-10-4-9-18-20;/h4-13H,17H2,1-3H3,(H,19,21);1H. The zero-order chi connectivity index (χ0) is 15.4. The highest BCUT2D eigenvalue weighted by molar-refractivity contribution is 5.85. The van der Waals surface area contributed by atoms with Gasteiger partial charge in [-0.2, -0.15) is 5.10 Å². The zero-order valence-electron chi connectivity index (χ0n) is 13.1. The number of carbonyl (C=O) groups is 1. The van der Waals surface area contributed by atoms with Crippen molar-refractivity contribution in [3.05, 3.63) is 48.3 Å². The van der Waals surface area contributed by atoms with E-state index in [1.54, 1.807) is 10.9 Å². The molecule has 2 aromatic rings. The molecule has 0 saturated carbocycles. The minimum absolute atomic E-state index is 0. The van der Waals surface area contributed by atoms with Gasteiger partial charge in [0, 0.05) is 24.4 Å². The summed E-state index contributed by atoms with van der Waals surface area (Å²) in [6.45, 7) is 5.65. The van der Waals surface area contributed by atoms with Gasteiger partial charge in [0.05, 0.1) is 11.7 Å².